The Morgan fingerprint density at radius 1 is 1.28 bits per heavy atom. The maximum atomic E-state index is 13.6. The molecule has 1 aliphatic heterocycles. The van der Waals surface area contributed by atoms with Gasteiger partial charge in [-0.25, -0.2) is 8.78 Å². The molecule has 2 N–H and O–H groups in total. The Bertz CT molecular complexity index is 866. The Kier molecular flexibility index (Phi) is 4.67. The van der Waals surface area contributed by atoms with Gasteiger partial charge in [-0.3, -0.25) is 14.5 Å². The van der Waals surface area contributed by atoms with Crippen LogP contribution >= 0.6 is 0 Å². The summed E-state index contributed by atoms with van der Waals surface area (Å²) < 4.78 is 26.8. The summed E-state index contributed by atoms with van der Waals surface area (Å²) in [6.45, 7) is 2.42. The highest BCUT2D eigenvalue weighted by Gasteiger charge is 2.34. The van der Waals surface area contributed by atoms with Crippen LogP contribution in [0, 0.1) is 18.6 Å². The van der Waals surface area contributed by atoms with Crippen molar-refractivity contribution in [3.05, 3.63) is 69.1 Å². The molecule has 3 rings (SSSR count). The van der Waals surface area contributed by atoms with Crippen LogP contribution in [0.1, 0.15) is 34.1 Å². The third kappa shape index (κ3) is 3.46. The van der Waals surface area contributed by atoms with E-state index in [9.17, 15) is 18.4 Å². The molecule has 1 aliphatic rings. The fourth-order valence-electron chi connectivity index (χ4n) is 3.28. The quantitative estimate of drug-likeness (QED) is 0.894. The van der Waals surface area contributed by atoms with Crippen molar-refractivity contribution in [2.24, 2.45) is 0 Å². The highest BCUT2D eigenvalue weighted by Crippen LogP contribution is 2.31. The van der Waals surface area contributed by atoms with Crippen molar-refractivity contribution in [1.82, 2.24) is 15.2 Å². The second kappa shape index (κ2) is 6.76. The first kappa shape index (κ1) is 17.3. The number of nitrogens with one attached hydrogen (secondary N) is 2. The van der Waals surface area contributed by atoms with Gasteiger partial charge in [0, 0.05) is 24.5 Å². The predicted octanol–water partition coefficient (Wildman–Crippen LogP) is 2.14. The van der Waals surface area contributed by atoms with E-state index < -0.39 is 17.5 Å². The zero-order valence-electron chi connectivity index (χ0n) is 14.0. The minimum atomic E-state index is -0.919. The van der Waals surface area contributed by atoms with Crippen LogP contribution in [0.2, 0.25) is 0 Å². The van der Waals surface area contributed by atoms with Gasteiger partial charge in [-0.15, -0.1) is 0 Å². The fraction of sp³-hybridized carbons (Fsp3) is 0.333. The molecule has 0 aliphatic carbocycles. The molecule has 1 aromatic heterocycles. The topological polar surface area (TPSA) is 65.2 Å². The smallest absolute Gasteiger partial charge is 0.257 e. The molecule has 1 saturated heterocycles. The molecule has 2 atom stereocenters. The number of carbonyl (C=O) groups is 1. The third-order valence-corrected chi connectivity index (χ3v) is 4.55. The van der Waals surface area contributed by atoms with Gasteiger partial charge >= 0.3 is 0 Å². The average Bonchev–Trinajstić information content (AvgIpc) is 2.90. The van der Waals surface area contributed by atoms with Crippen LogP contribution in [-0.2, 0) is 0 Å². The maximum Gasteiger partial charge on any atom is 0.257 e. The van der Waals surface area contributed by atoms with Crippen LogP contribution in [0.3, 0.4) is 0 Å². The summed E-state index contributed by atoms with van der Waals surface area (Å²) in [4.78, 5) is 29.2. The van der Waals surface area contributed by atoms with Crippen molar-refractivity contribution in [2.45, 2.75) is 25.4 Å². The number of amides is 1. The van der Waals surface area contributed by atoms with Gasteiger partial charge in [0.1, 0.15) is 5.56 Å². The zero-order valence-corrected chi connectivity index (χ0v) is 14.0. The Morgan fingerprint density at radius 3 is 2.72 bits per heavy atom. The van der Waals surface area contributed by atoms with Gasteiger partial charge in [0.2, 0.25) is 0 Å². The van der Waals surface area contributed by atoms with Crippen molar-refractivity contribution >= 4 is 5.91 Å². The number of hydrogen-bond acceptors (Lipinski definition) is 3. The summed E-state index contributed by atoms with van der Waals surface area (Å²) in [7, 11) is 1.86. The zero-order chi connectivity index (χ0) is 18.1. The molecular formula is C18H19F2N3O2. The van der Waals surface area contributed by atoms with E-state index >= 15 is 0 Å². The van der Waals surface area contributed by atoms with Crippen LogP contribution in [-0.4, -0.2) is 35.4 Å². The molecule has 7 heteroatoms. The van der Waals surface area contributed by atoms with Crippen molar-refractivity contribution in [2.75, 3.05) is 13.6 Å². The summed E-state index contributed by atoms with van der Waals surface area (Å²) in [5.41, 5.74) is 0.928. The number of benzene rings is 1. The van der Waals surface area contributed by atoms with Gasteiger partial charge in [0.15, 0.2) is 17.1 Å². The van der Waals surface area contributed by atoms with E-state index in [1.807, 2.05) is 11.9 Å². The van der Waals surface area contributed by atoms with Crippen molar-refractivity contribution in [3.8, 4) is 0 Å². The molecule has 5 nitrogen and oxygen atoms in total. The minimum Gasteiger partial charge on any atom is -0.364 e. The number of rotatable bonds is 3. The van der Waals surface area contributed by atoms with Crippen LogP contribution in [0.15, 0.2) is 35.3 Å². The number of aromatic nitrogens is 1. The lowest BCUT2D eigenvalue weighted by Crippen LogP contribution is -2.40. The van der Waals surface area contributed by atoms with E-state index in [2.05, 4.69) is 10.3 Å². The molecule has 2 heterocycles. The standard InChI is InChI=1S/C18H19F2N3O2/c1-10-7-16(24)12(9-21-10)18(25)22-15-5-6-23(2)17(15)11-3-4-13(19)14(20)8-11/h3-4,7-9,15,17H,5-6H2,1-2H3,(H,21,24)(H,22,25)/t15-,17+/m1/s1. The van der Waals surface area contributed by atoms with Crippen LogP contribution in [0.5, 0.6) is 0 Å². The van der Waals surface area contributed by atoms with Gasteiger partial charge < -0.3 is 10.3 Å². The summed E-state index contributed by atoms with van der Waals surface area (Å²) in [6.07, 6.45) is 2.04. The molecule has 0 unspecified atom stereocenters. The van der Waals surface area contributed by atoms with E-state index in [1.54, 1.807) is 6.92 Å². The molecular weight excluding hydrogens is 328 g/mol. The summed E-state index contributed by atoms with van der Waals surface area (Å²) in [6, 6.07) is 4.53. The lowest BCUT2D eigenvalue weighted by molar-refractivity contribution is 0.0926. The number of aryl methyl sites for hydroxylation is 1. The van der Waals surface area contributed by atoms with Crippen molar-refractivity contribution in [1.29, 1.82) is 0 Å². The molecule has 0 radical (unpaired) electrons. The van der Waals surface area contributed by atoms with Gasteiger partial charge in [-0.2, -0.15) is 0 Å². The normalized spacial score (nSPS) is 20.6. The highest BCUT2D eigenvalue weighted by atomic mass is 19.2. The Labute approximate surface area is 143 Å². The predicted molar refractivity (Wildman–Crippen MR) is 89.4 cm³/mol. The van der Waals surface area contributed by atoms with Crippen molar-refractivity contribution < 1.29 is 13.6 Å². The Morgan fingerprint density at radius 2 is 2.04 bits per heavy atom. The highest BCUT2D eigenvalue weighted by molar-refractivity contribution is 5.94. The van der Waals surface area contributed by atoms with E-state index in [0.717, 1.165) is 12.1 Å². The number of likely N-dealkylation sites (tertiary alicyclic amines) is 1. The first-order valence-corrected chi connectivity index (χ1v) is 8.02. The van der Waals surface area contributed by atoms with Crippen molar-refractivity contribution in [3.63, 3.8) is 0 Å². The van der Waals surface area contributed by atoms with Crippen LogP contribution < -0.4 is 10.7 Å². The summed E-state index contributed by atoms with van der Waals surface area (Å²) in [5.74, 6) is -2.30. The monoisotopic (exact) mass is 347 g/mol. The van der Waals surface area contributed by atoms with Gasteiger partial charge in [0.25, 0.3) is 5.91 Å². The fourth-order valence-corrected chi connectivity index (χ4v) is 3.28. The largest absolute Gasteiger partial charge is 0.364 e. The Hall–Kier alpha value is -2.54. The molecule has 1 aromatic carbocycles. The number of H-pyrrole nitrogens is 1. The molecule has 132 valence electrons. The maximum absolute atomic E-state index is 13.6. The third-order valence-electron chi connectivity index (χ3n) is 4.55. The lowest BCUT2D eigenvalue weighted by Gasteiger charge is -2.26. The first-order chi connectivity index (χ1) is 11.9. The van der Waals surface area contributed by atoms with Crippen LogP contribution in [0.25, 0.3) is 0 Å². The van der Waals surface area contributed by atoms with E-state index in [0.29, 0.717) is 24.2 Å². The number of aromatic amines is 1. The molecule has 25 heavy (non-hydrogen) atoms. The SMILES string of the molecule is Cc1cc(=O)c(C(=O)N[C@@H]2CCN(C)[C@H]2c2ccc(F)c(F)c2)c[nH]1. The van der Waals surface area contributed by atoms with E-state index in [-0.39, 0.29) is 23.1 Å². The van der Waals surface area contributed by atoms with Gasteiger partial charge in [0.05, 0.1) is 12.1 Å². The summed E-state index contributed by atoms with van der Waals surface area (Å²) >= 11 is 0. The number of likely N-dealkylation sites (N-methyl/N-ethyl adjacent to an activating group) is 1. The first-order valence-electron chi connectivity index (χ1n) is 8.02. The molecule has 0 spiro atoms. The minimum absolute atomic E-state index is 0.0317. The molecule has 1 amide bonds. The average molecular weight is 347 g/mol. The second-order valence-corrected chi connectivity index (χ2v) is 6.36. The van der Waals surface area contributed by atoms with E-state index in [1.165, 1.54) is 18.3 Å². The van der Waals surface area contributed by atoms with Gasteiger partial charge in [-0.05, 0) is 38.1 Å². The molecule has 0 bridgehead atoms. The molecule has 1 fully saturated rings. The Balaban J connectivity index is 1.84. The van der Waals surface area contributed by atoms with Crippen LogP contribution in [0.4, 0.5) is 8.78 Å². The van der Waals surface area contributed by atoms with Gasteiger partial charge in [-0.1, -0.05) is 6.07 Å². The molecule has 0 saturated carbocycles. The van der Waals surface area contributed by atoms with E-state index in [4.69, 9.17) is 0 Å². The number of hydrogen-bond donors (Lipinski definition) is 2. The number of nitrogens with zero attached hydrogens (tertiary/aromatic N) is 1. The number of carbonyl (C=O) groups excluding carboxylic acids is 1. The second-order valence-electron chi connectivity index (χ2n) is 6.36. The number of halogens is 2. The molecule has 2 aromatic rings. The number of pyridine rings is 1. The lowest BCUT2D eigenvalue weighted by atomic mass is 9.99. The summed E-state index contributed by atoms with van der Waals surface area (Å²) in [5, 5.41) is 2.85.